The summed E-state index contributed by atoms with van der Waals surface area (Å²) < 4.78 is 20.8. The average molecular weight is 2150 g/mol. The number of fused-ring (bicyclic) bond motifs is 19. The first kappa shape index (κ1) is 92.7. The largest absolute Gasteiger partial charge is 0.452 e. The van der Waals surface area contributed by atoms with Crippen LogP contribution >= 0.6 is 34.0 Å². The Bertz CT molecular complexity index is 10100. The van der Waals surface area contributed by atoms with Crippen LogP contribution in [0.4, 0.5) is 0 Å². The van der Waals surface area contributed by atoms with E-state index in [1.54, 1.807) is 18.9 Å². The maximum absolute atomic E-state index is 6.53. The summed E-state index contributed by atoms with van der Waals surface area (Å²) >= 11 is 5.56. The third-order valence-electron chi connectivity index (χ3n) is 27.5. The van der Waals surface area contributed by atoms with Gasteiger partial charge in [0, 0.05) is 138 Å². The molecule has 0 unspecified atom stereocenters. The molecule has 0 spiro atoms. The minimum Gasteiger partial charge on any atom is -0.452 e. The van der Waals surface area contributed by atoms with Gasteiger partial charge in [-0.15, -0.1) is 106 Å². The molecule has 709 valence electrons. The predicted octanol–water partition coefficient (Wildman–Crippen LogP) is 37.6. The Balaban J connectivity index is 0.000000105. The second-order valence-electron chi connectivity index (χ2n) is 36.4. The van der Waals surface area contributed by atoms with E-state index in [1.165, 1.54) is 132 Å². The molecule has 1 radical (unpaired) electrons. The maximum atomic E-state index is 6.53. The number of nitrogens with zero attached hydrogens (tertiary/aromatic N) is 8. The van der Waals surface area contributed by atoms with Crippen molar-refractivity contribution in [2.45, 2.75) is 0 Å². The second-order valence-corrected chi connectivity index (χ2v) is 39.6. The predicted molar refractivity (Wildman–Crippen MR) is 623 cm³/mol. The van der Waals surface area contributed by atoms with Gasteiger partial charge in [-0.05, 0) is 202 Å². The fraction of sp³-hybridized carbons (Fsp3) is 0. The summed E-state index contributed by atoms with van der Waals surface area (Å²) in [5, 5.41) is 14.5. The molecular formula is C136H84IrN8O2S3-2. The summed E-state index contributed by atoms with van der Waals surface area (Å²) in [7, 11) is 0. The van der Waals surface area contributed by atoms with E-state index in [0.29, 0.717) is 11.2 Å². The van der Waals surface area contributed by atoms with Crippen molar-refractivity contribution in [3.63, 3.8) is 0 Å². The monoisotopic (exact) mass is 2150 g/mol. The fourth-order valence-electron chi connectivity index (χ4n) is 20.3. The van der Waals surface area contributed by atoms with Crippen LogP contribution in [0.1, 0.15) is 0 Å². The van der Waals surface area contributed by atoms with E-state index >= 15 is 0 Å². The van der Waals surface area contributed by atoms with Crippen LogP contribution in [0.5, 0.6) is 0 Å². The molecule has 0 aliphatic heterocycles. The molecule has 0 amide bonds. The molecule has 150 heavy (non-hydrogen) atoms. The molecule has 19 aromatic carbocycles. The summed E-state index contributed by atoms with van der Waals surface area (Å²) in [4.78, 5) is 36.9. The SMILES string of the molecule is [Ir].[c-]1ccccc1-c1cc(-c2ccccc2)ccn1.[c-]1ccccc1-c1ccccn1.c1cc(-c2ccc3oc4c(-c5cccc(-c6cccc7c6sc6ccccc67)c5)ncnc4c3c2)cc(-c2cccc3c2sc2ccccc23)c1.c1cc(-c2ncnc3c2oc2ccc(-c4ccc5ccccc5c4)cc23)cc(-c2cccc3c2sc2ccccc23)c1.c1ccc(-c2ccnc3c2ccc2c(-c4ccccc4)ccnc23)cc1. The Labute approximate surface area is 889 Å². The molecule has 14 heteroatoms. The van der Waals surface area contributed by atoms with Gasteiger partial charge in [-0.25, -0.2) is 19.9 Å². The normalized spacial score (nSPS) is 11.3. The second kappa shape index (κ2) is 41.3. The van der Waals surface area contributed by atoms with E-state index in [2.05, 4.69) is 401 Å². The summed E-state index contributed by atoms with van der Waals surface area (Å²) in [6.45, 7) is 0. The number of rotatable bonds is 12. The molecule has 0 atom stereocenters. The van der Waals surface area contributed by atoms with E-state index in [1.807, 2.05) is 162 Å². The van der Waals surface area contributed by atoms with Gasteiger partial charge in [-0.3, -0.25) is 9.97 Å². The van der Waals surface area contributed by atoms with Crippen molar-refractivity contribution in [3.8, 4) is 134 Å². The maximum Gasteiger partial charge on any atom is 0.180 e. The molecular weight excluding hydrogens is 2070 g/mol. The molecule has 0 bridgehead atoms. The van der Waals surface area contributed by atoms with Crippen molar-refractivity contribution < 1.29 is 28.9 Å². The molecule has 11 aromatic heterocycles. The van der Waals surface area contributed by atoms with E-state index in [0.717, 1.165) is 128 Å². The zero-order chi connectivity index (χ0) is 98.9. The van der Waals surface area contributed by atoms with Crippen molar-refractivity contribution >= 4 is 171 Å². The molecule has 0 aliphatic rings. The first-order valence-electron chi connectivity index (χ1n) is 49.4. The van der Waals surface area contributed by atoms with E-state index in [-0.39, 0.29) is 20.1 Å². The molecule has 30 rings (SSSR count). The molecule has 30 aromatic rings. The van der Waals surface area contributed by atoms with Crippen LogP contribution in [0.3, 0.4) is 0 Å². The van der Waals surface area contributed by atoms with Gasteiger partial charge in [0.2, 0.25) is 0 Å². The van der Waals surface area contributed by atoms with Gasteiger partial charge in [-0.2, -0.15) is 0 Å². The number of hydrogen-bond donors (Lipinski definition) is 0. The Hall–Kier alpha value is -18.4. The van der Waals surface area contributed by atoms with Crippen molar-refractivity contribution in [1.29, 1.82) is 0 Å². The van der Waals surface area contributed by atoms with Gasteiger partial charge in [0.25, 0.3) is 0 Å². The topological polar surface area (TPSA) is 129 Å². The number of benzene rings is 19. The van der Waals surface area contributed by atoms with Gasteiger partial charge < -0.3 is 18.8 Å². The standard InChI is InChI=1S/C46H26N2OS2.C38H22N2OS.C24H16N2.C17H12N.C11H8N.Ir/c1-3-19-40-34(13-1)36-17-7-15-32(45(36)50-40)29-10-5-9-27(23-29)28-21-22-39-38(25-28)43-44(49-39)42(47-26-48-43)31-12-6-11-30(24-31)33-16-8-18-37-35-14-2-4-20-41(35)51-46(33)37;1-2-8-24-19-25(16-15-23(24)7-1)26-17-18-33-32(21-26)36-37(41-33)35(39-22-40-36)28-10-5-9-27(20-28)29-12-6-13-31-30-11-3-4-14-34(30)42-38(29)31;1-3-7-17(8-4-1)19-13-15-25-23-21(19)11-12-22-20(14-16-26-24(22)23)18-9-5-2-6-10-18;1-3-7-14(8-4-1)16-11-12-18-17(13-16)15-9-5-2-6-10-15;1-2-6-10(7-3-1)11-8-4-5-9-12-11;/h1-26H;1-22H;1-16H;1-9,11-13H;1-6,8-9H;/q;;;2*-1;. The van der Waals surface area contributed by atoms with Crippen LogP contribution in [0.2, 0.25) is 0 Å². The fourth-order valence-corrected chi connectivity index (χ4v) is 24.0. The zero-order valence-electron chi connectivity index (χ0n) is 80.4. The minimum absolute atomic E-state index is 0. The van der Waals surface area contributed by atoms with Crippen LogP contribution in [0.15, 0.2) is 519 Å². The number of furan rings is 2. The first-order chi connectivity index (χ1) is 73.9. The average Bonchev–Trinajstić information content (AvgIpc) is 1.76. The van der Waals surface area contributed by atoms with Gasteiger partial charge in [0.15, 0.2) is 11.2 Å². The first-order valence-corrected chi connectivity index (χ1v) is 51.8. The van der Waals surface area contributed by atoms with Crippen molar-refractivity contribution in [2.75, 3.05) is 0 Å². The number of hydrogen-bond acceptors (Lipinski definition) is 13. The number of pyridine rings is 4. The minimum atomic E-state index is 0. The zero-order valence-corrected chi connectivity index (χ0v) is 85.3. The summed E-state index contributed by atoms with van der Waals surface area (Å²) in [5.74, 6) is 0. The quantitative estimate of drug-likeness (QED) is 0.0861. The van der Waals surface area contributed by atoms with Crippen molar-refractivity contribution in [2.24, 2.45) is 0 Å². The third-order valence-corrected chi connectivity index (χ3v) is 31.2. The molecule has 11 heterocycles. The van der Waals surface area contributed by atoms with Crippen LogP contribution in [0, 0.1) is 12.1 Å². The van der Waals surface area contributed by atoms with Crippen LogP contribution in [0.25, 0.3) is 271 Å². The number of thiophene rings is 3. The molecule has 0 fully saturated rings. The Morgan fingerprint density at radius 3 is 1.05 bits per heavy atom. The van der Waals surface area contributed by atoms with E-state index in [4.69, 9.17) is 23.8 Å². The summed E-state index contributed by atoms with van der Waals surface area (Å²) in [6.07, 6.45) is 10.7. The molecule has 0 aliphatic carbocycles. The number of aromatic nitrogens is 8. The Morgan fingerprint density at radius 2 is 0.567 bits per heavy atom. The molecule has 10 nitrogen and oxygen atoms in total. The van der Waals surface area contributed by atoms with Crippen LogP contribution in [-0.4, -0.2) is 39.9 Å². The van der Waals surface area contributed by atoms with Gasteiger partial charge in [0.1, 0.15) is 46.2 Å². The van der Waals surface area contributed by atoms with Crippen LogP contribution in [-0.2, 0) is 20.1 Å². The van der Waals surface area contributed by atoms with Gasteiger partial charge in [0.05, 0.1) is 11.0 Å². The van der Waals surface area contributed by atoms with Gasteiger partial charge in [-0.1, -0.05) is 334 Å². The van der Waals surface area contributed by atoms with Crippen LogP contribution < -0.4 is 0 Å². The van der Waals surface area contributed by atoms with E-state index < -0.39 is 0 Å². The van der Waals surface area contributed by atoms with Crippen molar-refractivity contribution in [3.05, 3.63) is 523 Å². The molecule has 0 saturated carbocycles. The summed E-state index contributed by atoms with van der Waals surface area (Å²) in [5.41, 5.74) is 33.1. The molecule has 0 N–H and O–H groups in total. The Morgan fingerprint density at radius 1 is 0.193 bits per heavy atom. The van der Waals surface area contributed by atoms with Crippen molar-refractivity contribution in [1.82, 2.24) is 39.9 Å². The van der Waals surface area contributed by atoms with Gasteiger partial charge >= 0.3 is 0 Å². The third kappa shape index (κ3) is 18.2. The summed E-state index contributed by atoms with van der Waals surface area (Å²) in [6, 6.07) is 171. The van der Waals surface area contributed by atoms with E-state index in [9.17, 15) is 0 Å². The smallest absolute Gasteiger partial charge is 0.180 e. The Kier molecular flexibility index (Phi) is 25.5. The molecule has 0 saturated heterocycles.